The van der Waals surface area contributed by atoms with Crippen molar-refractivity contribution in [3.8, 4) is 0 Å². The second-order valence-corrected chi connectivity index (χ2v) is 13.6. The Balaban J connectivity index is 2.46. The standard InChI is InChI=1S/C21H23ClNO8PS2/c1-4-30-32(25,31-5-2)21(23-33(3,26)27)14-19(20(24)17-8-6-7-9-18(17)21)34(28,29)16-12-10-15(22)11-13-16/h6-14,23H,4-5H2,1-3H3. The average Bonchev–Trinajstić information content (AvgIpc) is 2.75. The lowest BCUT2D eigenvalue weighted by Crippen LogP contribution is -2.48. The number of sulfonamides is 1. The van der Waals surface area contributed by atoms with Crippen LogP contribution in [0, 0.1) is 0 Å². The Morgan fingerprint density at radius 2 is 1.53 bits per heavy atom. The van der Waals surface area contributed by atoms with Crippen LogP contribution in [0.5, 0.6) is 0 Å². The van der Waals surface area contributed by atoms with E-state index in [1.807, 2.05) is 0 Å². The topological polar surface area (TPSA) is 133 Å². The van der Waals surface area contributed by atoms with Gasteiger partial charge < -0.3 is 9.05 Å². The van der Waals surface area contributed by atoms with E-state index >= 15 is 0 Å². The third kappa shape index (κ3) is 4.79. The predicted molar refractivity (Wildman–Crippen MR) is 128 cm³/mol. The highest BCUT2D eigenvalue weighted by atomic mass is 35.5. The van der Waals surface area contributed by atoms with E-state index in [0.29, 0.717) is 0 Å². The Bertz CT molecular complexity index is 1390. The van der Waals surface area contributed by atoms with Crippen LogP contribution in [-0.2, 0) is 38.8 Å². The summed E-state index contributed by atoms with van der Waals surface area (Å²) in [6.07, 6.45) is 1.64. The maximum absolute atomic E-state index is 14.2. The minimum Gasteiger partial charge on any atom is -0.307 e. The van der Waals surface area contributed by atoms with Crippen LogP contribution in [0.4, 0.5) is 0 Å². The van der Waals surface area contributed by atoms with Crippen LogP contribution >= 0.6 is 19.2 Å². The zero-order chi connectivity index (χ0) is 25.4. The Kier molecular flexibility index (Phi) is 7.60. The van der Waals surface area contributed by atoms with Crippen molar-refractivity contribution in [2.45, 2.75) is 24.0 Å². The molecule has 9 nitrogen and oxygen atoms in total. The first kappa shape index (κ1) is 26.7. The molecule has 13 heteroatoms. The summed E-state index contributed by atoms with van der Waals surface area (Å²) in [5.41, 5.74) is -0.209. The van der Waals surface area contributed by atoms with E-state index in [2.05, 4.69) is 4.72 Å². The van der Waals surface area contributed by atoms with Crippen LogP contribution in [0.2, 0.25) is 5.02 Å². The van der Waals surface area contributed by atoms with Crippen LogP contribution in [0.3, 0.4) is 0 Å². The van der Waals surface area contributed by atoms with Crippen molar-refractivity contribution in [1.29, 1.82) is 0 Å². The fourth-order valence-electron chi connectivity index (χ4n) is 3.65. The van der Waals surface area contributed by atoms with Gasteiger partial charge in [0.15, 0.2) is 5.28 Å². The third-order valence-electron chi connectivity index (χ3n) is 4.93. The molecule has 0 amide bonds. The summed E-state index contributed by atoms with van der Waals surface area (Å²) in [5.74, 6) is -0.893. The van der Waals surface area contributed by atoms with Gasteiger partial charge in [0.2, 0.25) is 25.6 Å². The molecule has 2 aromatic carbocycles. The summed E-state index contributed by atoms with van der Waals surface area (Å²) in [6, 6.07) is 10.8. The number of sulfone groups is 1. The highest BCUT2D eigenvalue weighted by Gasteiger charge is 2.57. The van der Waals surface area contributed by atoms with Gasteiger partial charge >= 0.3 is 7.60 Å². The summed E-state index contributed by atoms with van der Waals surface area (Å²) >= 11 is 5.87. The summed E-state index contributed by atoms with van der Waals surface area (Å²) in [6.45, 7) is 2.75. The maximum atomic E-state index is 14.2. The lowest BCUT2D eigenvalue weighted by molar-refractivity contribution is 0.103. The number of fused-ring (bicyclic) bond motifs is 1. The van der Waals surface area contributed by atoms with E-state index in [0.717, 1.165) is 12.3 Å². The lowest BCUT2D eigenvalue weighted by atomic mass is 9.92. The Morgan fingerprint density at radius 1 is 0.971 bits per heavy atom. The summed E-state index contributed by atoms with van der Waals surface area (Å²) in [5, 5.41) is -2.05. The second-order valence-electron chi connectivity index (χ2n) is 7.31. The first-order valence-corrected chi connectivity index (χ1v) is 15.4. The molecule has 0 radical (unpaired) electrons. The van der Waals surface area contributed by atoms with Gasteiger partial charge in [-0.2, -0.15) is 4.72 Å². The number of hydrogen-bond donors (Lipinski definition) is 1. The van der Waals surface area contributed by atoms with Gasteiger partial charge in [0, 0.05) is 16.1 Å². The van der Waals surface area contributed by atoms with Crippen molar-refractivity contribution < 1.29 is 35.2 Å². The van der Waals surface area contributed by atoms with Crippen LogP contribution in [-0.4, -0.2) is 42.1 Å². The number of allylic oxidation sites excluding steroid dienone is 1. The van der Waals surface area contributed by atoms with Gasteiger partial charge in [-0.1, -0.05) is 35.9 Å². The third-order valence-corrected chi connectivity index (χ3v) is 10.3. The minimum absolute atomic E-state index is 0.0503. The summed E-state index contributed by atoms with van der Waals surface area (Å²) in [4.78, 5) is 12.3. The van der Waals surface area contributed by atoms with Crippen molar-refractivity contribution in [2.75, 3.05) is 19.5 Å². The van der Waals surface area contributed by atoms with Crippen molar-refractivity contribution >= 4 is 44.8 Å². The van der Waals surface area contributed by atoms with Crippen molar-refractivity contribution in [3.63, 3.8) is 0 Å². The zero-order valence-corrected chi connectivity index (χ0v) is 21.8. The number of hydrogen-bond acceptors (Lipinski definition) is 8. The molecule has 1 aliphatic carbocycles. The Labute approximate surface area is 203 Å². The number of rotatable bonds is 9. The van der Waals surface area contributed by atoms with E-state index in [1.54, 1.807) is 0 Å². The smallest absolute Gasteiger partial charge is 0.307 e. The molecule has 0 aliphatic heterocycles. The quantitative estimate of drug-likeness (QED) is 0.468. The molecular formula is C21H23ClNO8PS2. The highest BCUT2D eigenvalue weighted by molar-refractivity contribution is 7.96. The molecule has 1 aliphatic rings. The molecule has 0 saturated heterocycles. The van der Waals surface area contributed by atoms with Gasteiger partial charge in [-0.25, -0.2) is 16.8 Å². The van der Waals surface area contributed by atoms with E-state index in [9.17, 15) is 26.2 Å². The lowest BCUT2D eigenvalue weighted by Gasteiger charge is -2.40. The van der Waals surface area contributed by atoms with E-state index in [-0.39, 0.29) is 34.3 Å². The molecule has 1 atom stereocenters. The van der Waals surface area contributed by atoms with Gasteiger partial charge in [0.1, 0.15) is 4.91 Å². The van der Waals surface area contributed by atoms with Crippen LogP contribution in [0.25, 0.3) is 0 Å². The Hall–Kier alpha value is -1.85. The van der Waals surface area contributed by atoms with Gasteiger partial charge in [0.25, 0.3) is 0 Å². The molecule has 3 rings (SSSR count). The molecule has 0 bridgehead atoms. The largest absolute Gasteiger partial charge is 0.360 e. The molecule has 0 aromatic heterocycles. The zero-order valence-electron chi connectivity index (χ0n) is 18.5. The first-order chi connectivity index (χ1) is 15.8. The van der Waals surface area contributed by atoms with Gasteiger partial charge in [-0.3, -0.25) is 9.36 Å². The molecule has 1 N–H and O–H groups in total. The van der Waals surface area contributed by atoms with Gasteiger partial charge in [-0.05, 0) is 44.2 Å². The van der Waals surface area contributed by atoms with Gasteiger partial charge in [0.05, 0.1) is 24.4 Å². The molecule has 0 saturated carbocycles. The molecule has 34 heavy (non-hydrogen) atoms. The Morgan fingerprint density at radius 3 is 2.06 bits per heavy atom. The molecule has 184 valence electrons. The predicted octanol–water partition coefficient (Wildman–Crippen LogP) is 3.86. The summed E-state index contributed by atoms with van der Waals surface area (Å²) in [7, 11) is -13.1. The average molecular weight is 548 g/mol. The fraction of sp³-hybridized carbons (Fsp3) is 0.286. The molecule has 2 aromatic rings. The van der Waals surface area contributed by atoms with E-state index < -0.39 is 43.4 Å². The SMILES string of the molecule is CCOP(=O)(OCC)C1(NS(C)(=O)=O)C=C(S(=O)(=O)c2ccc(Cl)cc2)C(=O)c2ccccc21. The molecule has 0 fully saturated rings. The number of carbonyl (C=O) groups excluding carboxylic acids is 1. The van der Waals surface area contributed by atoms with Crippen LogP contribution < -0.4 is 4.72 Å². The summed E-state index contributed by atoms with van der Waals surface area (Å²) < 4.78 is 79.4. The monoisotopic (exact) mass is 547 g/mol. The highest BCUT2D eigenvalue weighted by Crippen LogP contribution is 2.66. The van der Waals surface area contributed by atoms with Gasteiger partial charge in [-0.15, -0.1) is 0 Å². The number of nitrogens with one attached hydrogen (secondary N) is 1. The number of Topliss-reactive ketones (excluding diaryl/α,β-unsaturated/α-hetero) is 1. The number of ketones is 1. The maximum Gasteiger partial charge on any atom is 0.360 e. The first-order valence-electron chi connectivity index (χ1n) is 10.1. The number of halogens is 1. The molecule has 0 heterocycles. The molecular weight excluding hydrogens is 525 g/mol. The number of carbonyl (C=O) groups is 1. The van der Waals surface area contributed by atoms with Crippen molar-refractivity contribution in [2.24, 2.45) is 0 Å². The molecule has 0 spiro atoms. The molecule has 1 unspecified atom stereocenters. The van der Waals surface area contributed by atoms with Crippen LogP contribution in [0.1, 0.15) is 29.8 Å². The normalized spacial score (nSPS) is 18.9. The van der Waals surface area contributed by atoms with Crippen LogP contribution in [0.15, 0.2) is 64.4 Å². The number of benzene rings is 2. The van der Waals surface area contributed by atoms with Crippen molar-refractivity contribution in [3.05, 3.63) is 75.7 Å². The van der Waals surface area contributed by atoms with Crippen molar-refractivity contribution in [1.82, 2.24) is 4.72 Å². The minimum atomic E-state index is -4.50. The fourth-order valence-corrected chi connectivity index (χ4v) is 8.92. The van der Waals surface area contributed by atoms with E-state index in [1.165, 1.54) is 62.4 Å². The van der Waals surface area contributed by atoms with E-state index in [4.69, 9.17) is 20.6 Å². The second kappa shape index (κ2) is 9.66.